The molecule has 1 aliphatic carbocycles. The van der Waals surface area contributed by atoms with E-state index in [1.54, 1.807) is 12.1 Å². The van der Waals surface area contributed by atoms with E-state index in [4.69, 9.17) is 0 Å². The Hall–Kier alpha value is -1.93. The molecule has 4 rings (SSSR count). The largest absolute Gasteiger partial charge is 0.352 e. The summed E-state index contributed by atoms with van der Waals surface area (Å²) in [4.78, 5) is 15.4. The Morgan fingerprint density at radius 1 is 1.12 bits per heavy atom. The summed E-state index contributed by atoms with van der Waals surface area (Å²) in [6.45, 7) is 9.24. The second-order valence-electron chi connectivity index (χ2n) is 9.69. The SMILES string of the molecule is CC(Sc1nnc(CN2CCCCC2)n1-c1ccc(F)cc1)C(=O)NC1CCCC(C)C1C. The van der Waals surface area contributed by atoms with Gasteiger partial charge in [0, 0.05) is 11.7 Å². The number of likely N-dealkylation sites (tertiary alicyclic amines) is 1. The summed E-state index contributed by atoms with van der Waals surface area (Å²) >= 11 is 1.42. The van der Waals surface area contributed by atoms with Crippen LogP contribution < -0.4 is 5.32 Å². The lowest BCUT2D eigenvalue weighted by Gasteiger charge is -2.35. The Labute approximate surface area is 200 Å². The topological polar surface area (TPSA) is 63.1 Å². The number of hydrogen-bond donors (Lipinski definition) is 1. The van der Waals surface area contributed by atoms with Crippen molar-refractivity contribution in [1.29, 1.82) is 0 Å². The van der Waals surface area contributed by atoms with Crippen molar-refractivity contribution in [1.82, 2.24) is 25.0 Å². The second-order valence-corrected chi connectivity index (χ2v) is 11.0. The molecule has 6 nitrogen and oxygen atoms in total. The van der Waals surface area contributed by atoms with Crippen LogP contribution in [0.3, 0.4) is 0 Å². The maximum absolute atomic E-state index is 13.6. The molecule has 1 aliphatic heterocycles. The van der Waals surface area contributed by atoms with Crippen LogP contribution in [0.25, 0.3) is 5.69 Å². The van der Waals surface area contributed by atoms with E-state index in [9.17, 15) is 9.18 Å². The summed E-state index contributed by atoms with van der Waals surface area (Å²) in [5.74, 6) is 1.71. The summed E-state index contributed by atoms with van der Waals surface area (Å²) in [5.41, 5.74) is 0.818. The fraction of sp³-hybridized carbons (Fsp3) is 0.640. The molecule has 180 valence electrons. The molecule has 2 aliphatic rings. The number of hydrogen-bond acceptors (Lipinski definition) is 5. The number of benzene rings is 1. The van der Waals surface area contributed by atoms with Gasteiger partial charge in [-0.1, -0.05) is 44.9 Å². The van der Waals surface area contributed by atoms with Gasteiger partial charge in [0.05, 0.1) is 11.8 Å². The van der Waals surface area contributed by atoms with Gasteiger partial charge in [0.2, 0.25) is 5.91 Å². The summed E-state index contributed by atoms with van der Waals surface area (Å²) in [7, 11) is 0. The number of carbonyl (C=O) groups is 1. The van der Waals surface area contributed by atoms with Crippen LogP contribution >= 0.6 is 11.8 Å². The molecule has 2 heterocycles. The molecule has 4 unspecified atom stereocenters. The first-order valence-corrected chi connectivity index (χ1v) is 13.2. The van der Waals surface area contributed by atoms with Crippen LogP contribution in [0.1, 0.15) is 65.1 Å². The zero-order valence-electron chi connectivity index (χ0n) is 20.0. The molecule has 33 heavy (non-hydrogen) atoms. The monoisotopic (exact) mass is 473 g/mol. The third-order valence-corrected chi connectivity index (χ3v) is 8.33. The number of aromatic nitrogens is 3. The maximum atomic E-state index is 13.6. The molecule has 2 fully saturated rings. The van der Waals surface area contributed by atoms with Crippen LogP contribution in [0, 0.1) is 17.7 Å². The van der Waals surface area contributed by atoms with E-state index in [0.717, 1.165) is 37.4 Å². The minimum Gasteiger partial charge on any atom is -0.352 e. The fourth-order valence-electron chi connectivity index (χ4n) is 4.94. The molecule has 0 spiro atoms. The molecular formula is C25H36FN5OS. The molecule has 1 saturated carbocycles. The van der Waals surface area contributed by atoms with Crippen molar-refractivity contribution in [2.45, 2.75) is 82.3 Å². The molecule has 1 amide bonds. The number of nitrogens with zero attached hydrogens (tertiary/aromatic N) is 4. The molecule has 4 atom stereocenters. The molecular weight excluding hydrogens is 437 g/mol. The average molecular weight is 474 g/mol. The van der Waals surface area contributed by atoms with Crippen LogP contribution in [0.4, 0.5) is 4.39 Å². The Morgan fingerprint density at radius 2 is 1.85 bits per heavy atom. The third kappa shape index (κ3) is 5.96. The van der Waals surface area contributed by atoms with Crippen molar-refractivity contribution in [3.05, 3.63) is 35.9 Å². The van der Waals surface area contributed by atoms with Crippen LogP contribution in [0.15, 0.2) is 29.4 Å². The van der Waals surface area contributed by atoms with Crippen molar-refractivity contribution in [2.75, 3.05) is 13.1 Å². The van der Waals surface area contributed by atoms with Gasteiger partial charge >= 0.3 is 0 Å². The van der Waals surface area contributed by atoms with Gasteiger partial charge in [-0.05, 0) is 75.4 Å². The Kier molecular flexibility index (Phi) is 8.07. The molecule has 1 N–H and O–H groups in total. The van der Waals surface area contributed by atoms with Crippen LogP contribution in [0.2, 0.25) is 0 Å². The highest BCUT2D eigenvalue weighted by Gasteiger charge is 2.30. The summed E-state index contributed by atoms with van der Waals surface area (Å²) in [6, 6.07) is 6.64. The average Bonchev–Trinajstić information content (AvgIpc) is 3.19. The Morgan fingerprint density at radius 3 is 2.58 bits per heavy atom. The van der Waals surface area contributed by atoms with Crippen molar-refractivity contribution < 1.29 is 9.18 Å². The highest BCUT2D eigenvalue weighted by molar-refractivity contribution is 8.00. The second kappa shape index (κ2) is 11.0. The van der Waals surface area contributed by atoms with E-state index < -0.39 is 0 Å². The van der Waals surface area contributed by atoms with E-state index in [0.29, 0.717) is 23.5 Å². The van der Waals surface area contributed by atoms with Crippen molar-refractivity contribution in [2.24, 2.45) is 11.8 Å². The Bertz CT molecular complexity index is 927. The normalized spacial score (nSPS) is 25.0. The highest BCUT2D eigenvalue weighted by atomic mass is 32.2. The molecule has 0 radical (unpaired) electrons. The van der Waals surface area contributed by atoms with E-state index >= 15 is 0 Å². The quantitative estimate of drug-likeness (QED) is 0.585. The predicted octanol–water partition coefficient (Wildman–Crippen LogP) is 4.81. The standard InChI is InChI=1S/C25H36FN5OS/c1-17-8-7-9-22(18(17)2)27-24(32)19(3)33-25-29-28-23(16-30-14-5-4-6-15-30)31(25)21-12-10-20(26)11-13-21/h10-13,17-19,22H,4-9,14-16H2,1-3H3,(H,27,32). The number of nitrogens with one attached hydrogen (secondary N) is 1. The smallest absolute Gasteiger partial charge is 0.233 e. The van der Waals surface area contributed by atoms with Gasteiger partial charge in [0.25, 0.3) is 0 Å². The number of piperidine rings is 1. The zero-order chi connectivity index (χ0) is 23.4. The molecule has 0 bridgehead atoms. The molecule has 1 aromatic carbocycles. The zero-order valence-corrected chi connectivity index (χ0v) is 20.8. The van der Waals surface area contributed by atoms with Crippen molar-refractivity contribution in [3.8, 4) is 5.69 Å². The first-order chi connectivity index (χ1) is 15.9. The van der Waals surface area contributed by atoms with E-state index in [1.807, 2.05) is 11.5 Å². The molecule has 1 aromatic heterocycles. The molecule has 2 aromatic rings. The van der Waals surface area contributed by atoms with E-state index in [1.165, 1.54) is 49.6 Å². The van der Waals surface area contributed by atoms with Gasteiger partial charge < -0.3 is 5.32 Å². The fourth-order valence-corrected chi connectivity index (χ4v) is 5.84. The first kappa shape index (κ1) is 24.2. The highest BCUT2D eigenvalue weighted by Crippen LogP contribution is 2.31. The van der Waals surface area contributed by atoms with Gasteiger partial charge in [-0.25, -0.2) is 4.39 Å². The van der Waals surface area contributed by atoms with Gasteiger partial charge in [-0.2, -0.15) is 0 Å². The van der Waals surface area contributed by atoms with Gasteiger partial charge in [-0.3, -0.25) is 14.3 Å². The lowest BCUT2D eigenvalue weighted by atomic mass is 9.78. The number of thioether (sulfide) groups is 1. The van der Waals surface area contributed by atoms with Gasteiger partial charge in [-0.15, -0.1) is 10.2 Å². The van der Waals surface area contributed by atoms with Crippen LogP contribution in [-0.4, -0.2) is 50.0 Å². The Balaban J connectivity index is 1.51. The summed E-state index contributed by atoms with van der Waals surface area (Å²) in [6.07, 6.45) is 7.10. The van der Waals surface area contributed by atoms with E-state index in [-0.39, 0.29) is 23.0 Å². The van der Waals surface area contributed by atoms with Crippen molar-refractivity contribution >= 4 is 17.7 Å². The predicted molar refractivity (Wildman–Crippen MR) is 130 cm³/mol. The third-order valence-electron chi connectivity index (χ3n) is 7.28. The van der Waals surface area contributed by atoms with E-state index in [2.05, 4.69) is 34.3 Å². The minimum atomic E-state index is -0.305. The van der Waals surface area contributed by atoms with Gasteiger partial charge in [0.1, 0.15) is 5.82 Å². The number of rotatable bonds is 7. The summed E-state index contributed by atoms with van der Waals surface area (Å²) in [5, 5.41) is 12.6. The number of halogens is 1. The summed E-state index contributed by atoms with van der Waals surface area (Å²) < 4.78 is 15.6. The lowest BCUT2D eigenvalue weighted by molar-refractivity contribution is -0.121. The van der Waals surface area contributed by atoms with Gasteiger partial charge in [0.15, 0.2) is 11.0 Å². The first-order valence-electron chi connectivity index (χ1n) is 12.3. The molecule has 1 saturated heterocycles. The molecule has 8 heteroatoms. The van der Waals surface area contributed by atoms with Crippen molar-refractivity contribution in [3.63, 3.8) is 0 Å². The number of carbonyl (C=O) groups excluding carboxylic acids is 1. The number of amides is 1. The minimum absolute atomic E-state index is 0.0391. The maximum Gasteiger partial charge on any atom is 0.233 e. The van der Waals surface area contributed by atoms with Crippen LogP contribution in [0.5, 0.6) is 0 Å². The lowest BCUT2D eigenvalue weighted by Crippen LogP contribution is -2.46. The van der Waals surface area contributed by atoms with Crippen LogP contribution in [-0.2, 0) is 11.3 Å².